The van der Waals surface area contributed by atoms with E-state index in [0.717, 1.165) is 6.42 Å². The van der Waals surface area contributed by atoms with E-state index in [1.807, 2.05) is 6.92 Å². The average molecular weight is 209 g/mol. The number of ether oxygens (including phenoxy) is 2. The Hall–Kier alpha value is -0.260. The quantitative estimate of drug-likeness (QED) is 0.714. The highest BCUT2D eigenvalue weighted by Crippen LogP contribution is 2.26. The van der Waals surface area contributed by atoms with Gasteiger partial charge in [0.05, 0.1) is 12.2 Å². The van der Waals surface area contributed by atoms with Crippen LogP contribution in [-0.2, 0) is 9.47 Å². The van der Waals surface area contributed by atoms with E-state index >= 15 is 0 Å². The van der Waals surface area contributed by atoms with Gasteiger partial charge < -0.3 is 15.2 Å². The normalized spacial score (nSPS) is 31.9. The molecule has 1 aliphatic carbocycles. The molecule has 0 aromatic heterocycles. The third-order valence-corrected chi connectivity index (χ3v) is 2.24. The average Bonchev–Trinajstić information content (AvgIpc) is 2.12. The summed E-state index contributed by atoms with van der Waals surface area (Å²) in [6.07, 6.45) is -1.36. The van der Waals surface area contributed by atoms with Crippen molar-refractivity contribution in [2.45, 2.75) is 44.4 Å². The van der Waals surface area contributed by atoms with Crippen LogP contribution in [0.2, 0.25) is 0 Å². The Morgan fingerprint density at radius 2 is 2.14 bits per heavy atom. The van der Waals surface area contributed by atoms with Crippen LogP contribution in [-0.4, -0.2) is 37.9 Å². The summed E-state index contributed by atoms with van der Waals surface area (Å²) in [4.78, 5) is 0. The molecule has 0 spiro atoms. The van der Waals surface area contributed by atoms with E-state index in [1.54, 1.807) is 0 Å². The molecule has 5 heteroatoms. The molecule has 3 unspecified atom stereocenters. The topological polar surface area (TPSA) is 44.5 Å². The predicted octanol–water partition coefficient (Wildman–Crippen LogP) is 1.16. The van der Waals surface area contributed by atoms with Gasteiger partial charge in [0.25, 0.3) is 6.43 Å². The second kappa shape index (κ2) is 5.58. The zero-order chi connectivity index (χ0) is 10.6. The van der Waals surface area contributed by atoms with E-state index in [4.69, 9.17) is 15.2 Å². The maximum atomic E-state index is 11.8. The molecule has 0 radical (unpaired) electrons. The molecule has 2 N–H and O–H groups in total. The van der Waals surface area contributed by atoms with Gasteiger partial charge in [0, 0.05) is 12.6 Å². The first kappa shape index (κ1) is 11.8. The second-order valence-corrected chi connectivity index (χ2v) is 3.50. The molecule has 0 aromatic carbocycles. The number of halogens is 2. The van der Waals surface area contributed by atoms with E-state index < -0.39 is 13.0 Å². The fourth-order valence-corrected chi connectivity index (χ4v) is 1.46. The van der Waals surface area contributed by atoms with Gasteiger partial charge in [-0.05, 0) is 12.8 Å². The van der Waals surface area contributed by atoms with Crippen molar-refractivity contribution < 1.29 is 18.3 Å². The molecule has 84 valence electrons. The maximum Gasteiger partial charge on any atom is 0.261 e. The first-order valence-corrected chi connectivity index (χ1v) is 4.92. The number of hydrogen-bond acceptors (Lipinski definition) is 3. The smallest absolute Gasteiger partial charge is 0.261 e. The highest BCUT2D eigenvalue weighted by molar-refractivity contribution is 4.95. The maximum absolute atomic E-state index is 11.8. The van der Waals surface area contributed by atoms with Crippen molar-refractivity contribution in [3.8, 4) is 0 Å². The number of alkyl halides is 2. The lowest BCUT2D eigenvalue weighted by Crippen LogP contribution is -2.58. The van der Waals surface area contributed by atoms with Gasteiger partial charge in [0.2, 0.25) is 0 Å². The molecule has 14 heavy (non-hydrogen) atoms. The van der Waals surface area contributed by atoms with Crippen LogP contribution in [0.25, 0.3) is 0 Å². The van der Waals surface area contributed by atoms with Crippen LogP contribution in [0.4, 0.5) is 8.78 Å². The molecule has 0 bridgehead atoms. The van der Waals surface area contributed by atoms with Gasteiger partial charge >= 0.3 is 0 Å². The Morgan fingerprint density at radius 1 is 1.43 bits per heavy atom. The lowest BCUT2D eigenvalue weighted by Gasteiger charge is -2.41. The van der Waals surface area contributed by atoms with Crippen molar-refractivity contribution in [3.05, 3.63) is 0 Å². The summed E-state index contributed by atoms with van der Waals surface area (Å²) in [5, 5.41) is 0. The summed E-state index contributed by atoms with van der Waals surface area (Å²) >= 11 is 0. The van der Waals surface area contributed by atoms with Gasteiger partial charge in [-0.15, -0.1) is 0 Å². The Balaban J connectivity index is 2.19. The van der Waals surface area contributed by atoms with Crippen LogP contribution in [0.5, 0.6) is 0 Å². The number of hydrogen-bond donors (Lipinski definition) is 1. The highest BCUT2D eigenvalue weighted by atomic mass is 19.3. The Bertz CT molecular complexity index is 169. The van der Waals surface area contributed by atoms with Crippen molar-refractivity contribution in [2.24, 2.45) is 5.73 Å². The van der Waals surface area contributed by atoms with E-state index in [2.05, 4.69) is 0 Å². The SMILES string of the molecule is CCCOC1C(N)CC1OCC(F)F. The van der Waals surface area contributed by atoms with Crippen LogP contribution in [0, 0.1) is 0 Å². The molecular weight excluding hydrogens is 192 g/mol. The largest absolute Gasteiger partial charge is 0.374 e. The first-order chi connectivity index (χ1) is 6.65. The Labute approximate surface area is 82.6 Å². The Morgan fingerprint density at radius 3 is 2.64 bits per heavy atom. The lowest BCUT2D eigenvalue weighted by atomic mass is 9.86. The van der Waals surface area contributed by atoms with E-state index in [0.29, 0.717) is 13.0 Å². The summed E-state index contributed by atoms with van der Waals surface area (Å²) in [7, 11) is 0. The Kier molecular flexibility index (Phi) is 4.71. The van der Waals surface area contributed by atoms with E-state index in [-0.39, 0.29) is 18.2 Å². The molecule has 1 rings (SSSR count). The third-order valence-electron chi connectivity index (χ3n) is 2.24. The fourth-order valence-electron chi connectivity index (χ4n) is 1.46. The van der Waals surface area contributed by atoms with Crippen LogP contribution in [0.1, 0.15) is 19.8 Å². The molecular formula is C9H17F2NO2. The molecule has 1 saturated carbocycles. The standard InChI is InChI=1S/C9H17F2NO2/c1-2-3-13-9-6(12)4-7(9)14-5-8(10)11/h6-9H,2-5,12H2,1H3. The number of rotatable bonds is 6. The molecule has 0 saturated heterocycles. The van der Waals surface area contributed by atoms with Crippen LogP contribution in [0.15, 0.2) is 0 Å². The zero-order valence-electron chi connectivity index (χ0n) is 8.29. The minimum Gasteiger partial charge on any atom is -0.374 e. The molecule has 0 heterocycles. The summed E-state index contributed by atoms with van der Waals surface area (Å²) in [5.41, 5.74) is 5.67. The lowest BCUT2D eigenvalue weighted by molar-refractivity contribution is -0.154. The summed E-state index contributed by atoms with van der Waals surface area (Å²) in [6.45, 7) is 2.06. The van der Waals surface area contributed by atoms with E-state index in [9.17, 15) is 8.78 Å². The molecule has 3 atom stereocenters. The van der Waals surface area contributed by atoms with Crippen LogP contribution in [0.3, 0.4) is 0 Å². The third kappa shape index (κ3) is 3.15. The predicted molar refractivity (Wildman–Crippen MR) is 48.4 cm³/mol. The fraction of sp³-hybridized carbons (Fsp3) is 1.00. The summed E-state index contributed by atoms with van der Waals surface area (Å²) < 4.78 is 34.0. The van der Waals surface area contributed by atoms with Crippen molar-refractivity contribution in [2.75, 3.05) is 13.2 Å². The van der Waals surface area contributed by atoms with Gasteiger partial charge in [-0.25, -0.2) is 8.78 Å². The minimum absolute atomic E-state index is 0.0655. The molecule has 1 aliphatic rings. The second-order valence-electron chi connectivity index (χ2n) is 3.50. The minimum atomic E-state index is -2.42. The first-order valence-electron chi connectivity index (χ1n) is 4.92. The van der Waals surface area contributed by atoms with Crippen LogP contribution < -0.4 is 5.73 Å². The van der Waals surface area contributed by atoms with Crippen LogP contribution >= 0.6 is 0 Å². The summed E-state index contributed by atoms with van der Waals surface area (Å²) in [5.74, 6) is 0. The van der Waals surface area contributed by atoms with Gasteiger partial charge in [-0.2, -0.15) is 0 Å². The molecule has 3 nitrogen and oxygen atoms in total. The van der Waals surface area contributed by atoms with Crippen molar-refractivity contribution in [3.63, 3.8) is 0 Å². The van der Waals surface area contributed by atoms with E-state index in [1.165, 1.54) is 0 Å². The van der Waals surface area contributed by atoms with Crippen molar-refractivity contribution in [1.82, 2.24) is 0 Å². The number of nitrogens with two attached hydrogens (primary N) is 1. The molecule has 1 fully saturated rings. The van der Waals surface area contributed by atoms with Gasteiger partial charge in [0.15, 0.2) is 0 Å². The molecule has 0 aromatic rings. The highest BCUT2D eigenvalue weighted by Gasteiger charge is 2.40. The van der Waals surface area contributed by atoms with Gasteiger partial charge in [-0.1, -0.05) is 6.92 Å². The van der Waals surface area contributed by atoms with Crippen molar-refractivity contribution >= 4 is 0 Å². The van der Waals surface area contributed by atoms with Crippen molar-refractivity contribution in [1.29, 1.82) is 0 Å². The molecule has 0 amide bonds. The van der Waals surface area contributed by atoms with Gasteiger partial charge in [-0.3, -0.25) is 0 Å². The monoisotopic (exact) mass is 209 g/mol. The zero-order valence-corrected chi connectivity index (χ0v) is 8.29. The van der Waals surface area contributed by atoms with Gasteiger partial charge in [0.1, 0.15) is 6.61 Å². The molecule has 0 aliphatic heterocycles. The summed E-state index contributed by atoms with van der Waals surface area (Å²) in [6, 6.07) is -0.0655.